The molecule has 0 saturated carbocycles. The molecule has 0 aliphatic rings. The lowest BCUT2D eigenvalue weighted by Crippen LogP contribution is -2.31. The van der Waals surface area contributed by atoms with Crippen molar-refractivity contribution in [2.45, 2.75) is 26.1 Å². The van der Waals surface area contributed by atoms with E-state index in [2.05, 4.69) is 9.47 Å². The Bertz CT molecular complexity index is 1540. The van der Waals surface area contributed by atoms with E-state index in [9.17, 15) is 44.7 Å². The van der Waals surface area contributed by atoms with Gasteiger partial charge in [0.2, 0.25) is 0 Å². The standard InChI is InChI=1S/C31H20F8O6/c1-2-23(28(40)42-21-11-13-24(26(32)15-21)17-3-7-19(8-4-17)44-30(34,35)36)29(41)43-22-12-14-25(27(33)16-22)18-5-9-20(10-6-18)45-31(37,38)39/h3-16,23H,2H2,1H3. The highest BCUT2D eigenvalue weighted by atomic mass is 19.4. The van der Waals surface area contributed by atoms with Crippen LogP contribution in [0.15, 0.2) is 84.9 Å². The van der Waals surface area contributed by atoms with Gasteiger partial charge in [-0.1, -0.05) is 31.2 Å². The molecule has 14 heteroatoms. The molecular formula is C31H20F8O6. The number of hydrogen-bond donors (Lipinski definition) is 0. The summed E-state index contributed by atoms with van der Waals surface area (Å²) >= 11 is 0. The molecule has 0 atom stereocenters. The molecule has 0 unspecified atom stereocenters. The Kier molecular flexibility index (Phi) is 9.64. The van der Waals surface area contributed by atoms with E-state index in [4.69, 9.17) is 9.47 Å². The van der Waals surface area contributed by atoms with Crippen molar-refractivity contribution in [2.75, 3.05) is 0 Å². The minimum absolute atomic E-state index is 0.0177. The third-order valence-corrected chi connectivity index (χ3v) is 6.09. The van der Waals surface area contributed by atoms with Gasteiger partial charge in [0.15, 0.2) is 5.92 Å². The fraction of sp³-hybridized carbons (Fsp3) is 0.161. The topological polar surface area (TPSA) is 71.1 Å². The van der Waals surface area contributed by atoms with Gasteiger partial charge in [0.05, 0.1) is 0 Å². The van der Waals surface area contributed by atoms with Crippen LogP contribution >= 0.6 is 0 Å². The highest BCUT2D eigenvalue weighted by Crippen LogP contribution is 2.32. The maximum Gasteiger partial charge on any atom is 0.573 e. The smallest absolute Gasteiger partial charge is 0.426 e. The number of benzene rings is 4. The fourth-order valence-corrected chi connectivity index (χ4v) is 4.06. The van der Waals surface area contributed by atoms with Gasteiger partial charge in [-0.05, 0) is 66.1 Å². The first-order valence-electron chi connectivity index (χ1n) is 12.9. The minimum atomic E-state index is -4.89. The number of alkyl halides is 6. The molecule has 6 nitrogen and oxygen atoms in total. The molecule has 0 spiro atoms. The highest BCUT2D eigenvalue weighted by Gasteiger charge is 2.32. The van der Waals surface area contributed by atoms with Crippen molar-refractivity contribution in [3.05, 3.63) is 96.6 Å². The molecule has 0 fully saturated rings. The quantitative estimate of drug-likeness (QED) is 0.0790. The fourth-order valence-electron chi connectivity index (χ4n) is 4.06. The first-order valence-corrected chi connectivity index (χ1v) is 12.9. The van der Waals surface area contributed by atoms with Crippen LogP contribution in [0.1, 0.15) is 13.3 Å². The van der Waals surface area contributed by atoms with Gasteiger partial charge in [-0.15, -0.1) is 26.3 Å². The van der Waals surface area contributed by atoms with Gasteiger partial charge in [-0.25, -0.2) is 8.78 Å². The Morgan fingerprint density at radius 3 is 1.20 bits per heavy atom. The van der Waals surface area contributed by atoms with E-state index < -0.39 is 53.7 Å². The van der Waals surface area contributed by atoms with Crippen molar-refractivity contribution < 1.29 is 63.7 Å². The molecule has 0 heterocycles. The van der Waals surface area contributed by atoms with Crippen LogP contribution < -0.4 is 18.9 Å². The second kappa shape index (κ2) is 13.2. The number of esters is 2. The van der Waals surface area contributed by atoms with Crippen LogP contribution in [0, 0.1) is 17.6 Å². The Balaban J connectivity index is 1.39. The lowest BCUT2D eigenvalue weighted by atomic mass is 10.0. The first kappa shape index (κ1) is 32.8. The molecule has 0 saturated heterocycles. The molecular weight excluding hydrogens is 620 g/mol. The van der Waals surface area contributed by atoms with Crippen LogP contribution in [-0.4, -0.2) is 24.7 Å². The summed E-state index contributed by atoms with van der Waals surface area (Å²) in [6, 6.07) is 15.4. The van der Waals surface area contributed by atoms with Gasteiger partial charge in [0.1, 0.15) is 34.6 Å². The molecule has 0 aromatic heterocycles. The predicted molar refractivity (Wildman–Crippen MR) is 142 cm³/mol. The van der Waals surface area contributed by atoms with Crippen molar-refractivity contribution >= 4 is 11.9 Å². The molecule has 0 bridgehead atoms. The average molecular weight is 640 g/mol. The largest absolute Gasteiger partial charge is 0.573 e. The molecule has 0 aliphatic carbocycles. The molecule has 4 aromatic rings. The van der Waals surface area contributed by atoms with E-state index in [1.54, 1.807) is 0 Å². The van der Waals surface area contributed by atoms with E-state index in [1.807, 2.05) is 0 Å². The van der Waals surface area contributed by atoms with Gasteiger partial charge in [0, 0.05) is 23.3 Å². The summed E-state index contributed by atoms with van der Waals surface area (Å²) in [5, 5.41) is 0. The molecule has 236 valence electrons. The van der Waals surface area contributed by atoms with Crippen molar-refractivity contribution in [1.29, 1.82) is 0 Å². The first-order chi connectivity index (χ1) is 21.1. The van der Waals surface area contributed by atoms with E-state index in [-0.39, 0.29) is 40.2 Å². The number of hydrogen-bond acceptors (Lipinski definition) is 6. The third kappa shape index (κ3) is 8.94. The number of carbonyl (C=O) groups is 2. The molecule has 4 aromatic carbocycles. The van der Waals surface area contributed by atoms with Crippen LogP contribution in [-0.2, 0) is 9.59 Å². The van der Waals surface area contributed by atoms with Crippen LogP contribution in [0.4, 0.5) is 35.1 Å². The lowest BCUT2D eigenvalue weighted by Gasteiger charge is -2.15. The lowest BCUT2D eigenvalue weighted by molar-refractivity contribution is -0.275. The normalized spacial score (nSPS) is 11.7. The monoisotopic (exact) mass is 640 g/mol. The average Bonchev–Trinajstić information content (AvgIpc) is 2.93. The van der Waals surface area contributed by atoms with Crippen molar-refractivity contribution in [1.82, 2.24) is 0 Å². The number of ether oxygens (including phenoxy) is 4. The van der Waals surface area contributed by atoms with Gasteiger partial charge < -0.3 is 18.9 Å². The van der Waals surface area contributed by atoms with E-state index in [1.165, 1.54) is 55.5 Å². The SMILES string of the molecule is CCC(C(=O)Oc1ccc(-c2ccc(OC(F)(F)F)cc2)c(F)c1)C(=O)Oc1ccc(-c2ccc(OC(F)(F)F)cc2)c(F)c1. The molecule has 4 rings (SSSR count). The Labute approximate surface area is 249 Å². The summed E-state index contributed by atoms with van der Waals surface area (Å²) in [6.45, 7) is 1.47. The zero-order valence-corrected chi connectivity index (χ0v) is 22.8. The summed E-state index contributed by atoms with van der Waals surface area (Å²) in [7, 11) is 0. The molecule has 0 radical (unpaired) electrons. The van der Waals surface area contributed by atoms with Gasteiger partial charge >= 0.3 is 24.7 Å². The number of carbonyl (C=O) groups excluding carboxylic acids is 2. The predicted octanol–water partition coefficient (Wildman–Crippen LogP) is 8.63. The zero-order chi connectivity index (χ0) is 32.9. The van der Waals surface area contributed by atoms with Crippen LogP contribution in [0.25, 0.3) is 22.3 Å². The molecule has 45 heavy (non-hydrogen) atoms. The third-order valence-electron chi connectivity index (χ3n) is 6.09. The maximum absolute atomic E-state index is 14.8. The summed E-state index contributed by atoms with van der Waals surface area (Å²) in [6.07, 6.45) is -9.88. The number of halogens is 8. The Morgan fingerprint density at radius 1 is 0.578 bits per heavy atom. The van der Waals surface area contributed by atoms with Crippen molar-refractivity contribution in [3.8, 4) is 45.3 Å². The van der Waals surface area contributed by atoms with E-state index >= 15 is 0 Å². The van der Waals surface area contributed by atoms with Crippen molar-refractivity contribution in [2.24, 2.45) is 5.92 Å². The maximum atomic E-state index is 14.8. The van der Waals surface area contributed by atoms with E-state index in [0.717, 1.165) is 36.4 Å². The molecule has 0 aliphatic heterocycles. The zero-order valence-electron chi connectivity index (χ0n) is 22.8. The summed E-state index contributed by atoms with van der Waals surface area (Å²) in [5.74, 6) is -6.97. The van der Waals surface area contributed by atoms with Gasteiger partial charge in [-0.2, -0.15) is 0 Å². The summed E-state index contributed by atoms with van der Waals surface area (Å²) < 4.78 is 122. The van der Waals surface area contributed by atoms with Crippen LogP contribution in [0.2, 0.25) is 0 Å². The molecule has 0 amide bonds. The van der Waals surface area contributed by atoms with E-state index in [0.29, 0.717) is 0 Å². The second-order valence-corrected chi connectivity index (χ2v) is 9.23. The summed E-state index contributed by atoms with van der Waals surface area (Å²) in [4.78, 5) is 25.4. The van der Waals surface area contributed by atoms with Crippen LogP contribution in [0.5, 0.6) is 23.0 Å². The van der Waals surface area contributed by atoms with Gasteiger partial charge in [-0.3, -0.25) is 9.59 Å². The Morgan fingerprint density at radius 2 is 0.911 bits per heavy atom. The van der Waals surface area contributed by atoms with Crippen LogP contribution in [0.3, 0.4) is 0 Å². The van der Waals surface area contributed by atoms with Gasteiger partial charge in [0.25, 0.3) is 0 Å². The highest BCUT2D eigenvalue weighted by molar-refractivity contribution is 5.96. The Hall–Kier alpha value is -5.14. The second-order valence-electron chi connectivity index (χ2n) is 9.23. The summed E-state index contributed by atoms with van der Waals surface area (Å²) in [5.41, 5.74) is 0.382. The minimum Gasteiger partial charge on any atom is -0.426 e. The van der Waals surface area contributed by atoms with Crippen molar-refractivity contribution in [3.63, 3.8) is 0 Å². The molecule has 0 N–H and O–H groups in total. The number of rotatable bonds is 9.